The van der Waals surface area contributed by atoms with Gasteiger partial charge in [0.05, 0.1) is 51.3 Å². The molecule has 0 saturated carbocycles. The fourth-order valence-corrected chi connectivity index (χ4v) is 15.7. The average Bonchev–Trinajstić information content (AvgIpc) is 1.69. The van der Waals surface area contributed by atoms with Gasteiger partial charge < -0.3 is 131 Å². The summed E-state index contributed by atoms with van der Waals surface area (Å²) in [7, 11) is 0. The van der Waals surface area contributed by atoms with Gasteiger partial charge in [-0.15, -0.1) is 0 Å². The molecule has 0 spiro atoms. The Balaban J connectivity index is 1.30. The Kier molecular flexibility index (Phi) is 47.0. The van der Waals surface area contributed by atoms with Crippen LogP contribution in [0.25, 0.3) is 10.9 Å². The van der Waals surface area contributed by atoms with Crippen molar-refractivity contribution in [3.8, 4) is 0 Å². The van der Waals surface area contributed by atoms with E-state index in [1.807, 2.05) is 6.26 Å². The number of aromatic nitrogens is 3. The Morgan fingerprint density at radius 1 is 0.481 bits per heavy atom. The number of para-hydroxylation sites is 1. The zero-order valence-corrected chi connectivity index (χ0v) is 79.0. The van der Waals surface area contributed by atoms with Crippen LogP contribution in [0.1, 0.15) is 164 Å². The highest BCUT2D eigenvalue weighted by molar-refractivity contribution is 7.98. The van der Waals surface area contributed by atoms with Crippen LogP contribution in [0.4, 0.5) is 0 Å². The van der Waals surface area contributed by atoms with Gasteiger partial charge in [0.1, 0.15) is 84.6 Å². The maximum atomic E-state index is 15.1. The number of fused-ring (bicyclic) bond motifs is 1. The van der Waals surface area contributed by atoms with Gasteiger partial charge in [0, 0.05) is 67.1 Å². The minimum absolute atomic E-state index is 0.00730. The summed E-state index contributed by atoms with van der Waals surface area (Å²) >= 11 is 5.76. The number of aliphatic hydroxyl groups excluding tert-OH is 3. The van der Waals surface area contributed by atoms with Crippen molar-refractivity contribution in [1.29, 1.82) is 0 Å². The number of nitrogens with one attached hydrogen (secondary N) is 17. The normalized spacial score (nSPS) is 16.9. The molecule has 0 bridgehead atoms. The fourth-order valence-electron chi connectivity index (χ4n) is 15.0. The Morgan fingerprint density at radius 2 is 0.887 bits per heavy atom. The number of aliphatic hydroxyl groups is 3. The summed E-state index contributed by atoms with van der Waals surface area (Å²) in [6, 6.07) is -14.2. The standard InChI is InChI=1S/C86H136N22O23S2/c1-43(2)27-55(74(118)93-36-68(113)95-56(28-44(3)4)75(119)105-63(40-110)86(130)131)98-76(120)57(29-45(5)6)99-77(121)58(30-46(7)8)100-78(122)59(31-47(9)10)101-79(123)60(32-49-34-90-53-18-14-13-17-51(49)53)102-80(124)62(39-109)104-82(126)66-20-15-24-107(66)84(128)61(33-50-35-89-42-94-50)103-81(125)65-19-16-25-108(65)85(129)64(41-132)96-69(114)37-92-73(117)54(21-22-67(88)112)97-83(127)71(48(11)111)106-70(115)38-91-72(116)52(87)23-26-133-12/h13-14,17-18,34-35,42-48,52,54-66,71,90,109-111,132H,15-16,19-33,36-41,87H2,1-12H3,(H2,88,112)(H,89,94)(H,91,116)(H,92,117)(H,93,118)(H,95,113)(H,96,114)(H,97,127)(H,98,120)(H,99,121)(H,100,122)(H,101,123)(H,102,124)(H,103,125)(H,104,126)(H,105,119)(H,106,115)(H,130,131)/t48-,52+,54+,55+,56+,57+,58+,59+,60+,61+,62+,63+,64+,65+,66+,71+/m1/s1. The number of H-pyrrole nitrogens is 2. The summed E-state index contributed by atoms with van der Waals surface area (Å²) in [5.41, 5.74) is 12.7. The Bertz CT molecular complexity index is 4480. The third-order valence-electron chi connectivity index (χ3n) is 21.8. The van der Waals surface area contributed by atoms with Crippen LogP contribution in [0.2, 0.25) is 0 Å². The predicted octanol–water partition coefficient (Wildman–Crippen LogP) is -5.22. The van der Waals surface area contributed by atoms with Gasteiger partial charge in [-0.25, -0.2) is 9.78 Å². The number of imidazole rings is 1. The molecular weight excluding hydrogens is 1770 g/mol. The number of benzene rings is 1. The smallest absolute Gasteiger partial charge is 0.328 e. The zero-order valence-electron chi connectivity index (χ0n) is 77.3. The number of hydrogen-bond donors (Lipinski definition) is 24. The molecule has 18 amide bonds. The van der Waals surface area contributed by atoms with Crippen molar-refractivity contribution in [2.75, 3.05) is 63.7 Å². The lowest BCUT2D eigenvalue weighted by molar-refractivity contribution is -0.144. The van der Waals surface area contributed by atoms with E-state index in [2.05, 4.69) is 107 Å². The van der Waals surface area contributed by atoms with E-state index < -0.39 is 255 Å². The second-order valence-corrected chi connectivity index (χ2v) is 36.7. The number of carboxylic acid groups (broad SMARTS) is 1. The van der Waals surface area contributed by atoms with Crippen molar-refractivity contribution < 1.29 is 112 Å². The highest BCUT2D eigenvalue weighted by Gasteiger charge is 2.44. The lowest BCUT2D eigenvalue weighted by atomic mass is 9.97. The number of carbonyl (C=O) groups is 19. The maximum absolute atomic E-state index is 15.1. The molecule has 4 heterocycles. The molecule has 16 atom stereocenters. The molecule has 2 aliphatic rings. The lowest BCUT2D eigenvalue weighted by Crippen LogP contribution is -2.61. The molecule has 3 aromatic rings. The van der Waals surface area contributed by atoms with E-state index in [4.69, 9.17) is 11.5 Å². The number of likely N-dealkylation sites (tertiary alicyclic amines) is 2. The molecule has 45 nitrogen and oxygen atoms in total. The molecular formula is C86H136N22O23S2. The van der Waals surface area contributed by atoms with Crippen LogP contribution >= 0.6 is 24.4 Å². The Labute approximate surface area is 781 Å². The van der Waals surface area contributed by atoms with E-state index in [9.17, 15) is 102 Å². The maximum Gasteiger partial charge on any atom is 0.328 e. The van der Waals surface area contributed by atoms with Crippen LogP contribution in [0.5, 0.6) is 0 Å². The van der Waals surface area contributed by atoms with Crippen LogP contribution in [-0.4, -0.2) is 318 Å². The molecule has 2 aliphatic heterocycles. The number of aliphatic carboxylic acids is 1. The summed E-state index contributed by atoms with van der Waals surface area (Å²) in [6.45, 7) is 14.8. The average molecular weight is 1910 g/mol. The van der Waals surface area contributed by atoms with Crippen molar-refractivity contribution >= 4 is 148 Å². The third-order valence-corrected chi connectivity index (χ3v) is 22.8. The van der Waals surface area contributed by atoms with Gasteiger partial charge in [-0.1, -0.05) is 87.4 Å². The van der Waals surface area contributed by atoms with E-state index in [1.54, 1.807) is 99.7 Å². The number of nitrogens with zero attached hydrogens (tertiary/aromatic N) is 3. The largest absolute Gasteiger partial charge is 0.480 e. The first kappa shape index (κ1) is 112. The van der Waals surface area contributed by atoms with Gasteiger partial charge in [-0.05, 0) is 131 Å². The molecule has 2 aromatic heterocycles. The SMILES string of the molecule is CSCC[C@H](N)C(=O)NCC(=O)N[C@H](C(=O)N[C@@H](CCC(N)=O)C(=O)NCC(=O)N[C@@H](CS)C(=O)N1CCC[C@H]1C(=O)N[C@@H](Cc1cnc[nH]1)C(=O)N1CCC[C@H]1C(=O)N[C@@H](CO)C(=O)N[C@@H](Cc1c[nH]c2ccccc12)C(=O)N[C@@H](CC(C)C)C(=O)N[C@@H](CC(C)C)C(=O)N[C@@H](CC(C)C)C(=O)N[C@@H](CC(C)C)C(=O)NCC(=O)N[C@@H](CC(C)C)C(=O)N[C@@H](CO)C(=O)O)[C@@H](C)O. The molecule has 133 heavy (non-hydrogen) atoms. The van der Waals surface area contributed by atoms with Gasteiger partial charge in [0.15, 0.2) is 0 Å². The number of nitrogens with two attached hydrogens (primary N) is 2. The second kappa shape index (κ2) is 55.8. The number of primary amides is 1. The van der Waals surface area contributed by atoms with Gasteiger partial charge >= 0.3 is 5.97 Å². The molecule has 2 saturated heterocycles. The number of thioether (sulfide) groups is 1. The minimum atomic E-state index is -1.80. The van der Waals surface area contributed by atoms with Crippen LogP contribution < -0.4 is 91.2 Å². The van der Waals surface area contributed by atoms with E-state index in [-0.39, 0.29) is 119 Å². The number of rotatable bonds is 57. The first-order valence-electron chi connectivity index (χ1n) is 44.6. The number of carboxylic acids is 1. The molecule has 5 rings (SSSR count). The van der Waals surface area contributed by atoms with Crippen molar-refractivity contribution in [1.82, 2.24) is 105 Å². The number of thiol groups is 1. The molecule has 47 heteroatoms. The van der Waals surface area contributed by atoms with E-state index >= 15 is 9.59 Å². The quantitative estimate of drug-likeness (QED) is 0.0235. The third kappa shape index (κ3) is 37.1. The van der Waals surface area contributed by atoms with E-state index in [0.717, 1.165) is 6.92 Å². The molecule has 0 aliphatic carbocycles. The summed E-state index contributed by atoms with van der Waals surface area (Å²) in [6.07, 6.45) is 4.28. The van der Waals surface area contributed by atoms with E-state index in [0.29, 0.717) is 34.3 Å². The van der Waals surface area contributed by atoms with Gasteiger partial charge in [-0.2, -0.15) is 24.4 Å². The van der Waals surface area contributed by atoms with E-state index in [1.165, 1.54) is 34.1 Å². The summed E-state index contributed by atoms with van der Waals surface area (Å²) < 4.78 is 0. The topological polar surface area (TPSA) is 689 Å². The molecule has 0 unspecified atom stereocenters. The first-order chi connectivity index (χ1) is 62.8. The van der Waals surface area contributed by atoms with Gasteiger partial charge in [0.2, 0.25) is 106 Å². The van der Waals surface area contributed by atoms with Crippen molar-refractivity contribution in [3.05, 3.63) is 54.2 Å². The summed E-state index contributed by atoms with van der Waals surface area (Å²) in [4.78, 5) is 274. The number of carbonyl (C=O) groups excluding carboxylic acids is 18. The van der Waals surface area contributed by atoms with Gasteiger partial charge in [-0.3, -0.25) is 86.3 Å². The second-order valence-electron chi connectivity index (χ2n) is 35.4. The number of hydrogen-bond acceptors (Lipinski definition) is 26. The molecule has 25 N–H and O–H groups in total. The number of amides is 18. The summed E-state index contributed by atoms with van der Waals surface area (Å²) in [5.74, 6) is -18.2. The molecule has 2 fully saturated rings. The first-order valence-corrected chi connectivity index (χ1v) is 46.7. The Morgan fingerprint density at radius 3 is 1.33 bits per heavy atom. The highest BCUT2D eigenvalue weighted by atomic mass is 32.2. The zero-order chi connectivity index (χ0) is 99.2. The monoisotopic (exact) mass is 1910 g/mol. The predicted molar refractivity (Wildman–Crippen MR) is 490 cm³/mol. The Hall–Kier alpha value is -11.6. The molecule has 740 valence electrons. The molecule has 0 radical (unpaired) electrons. The lowest BCUT2D eigenvalue weighted by Gasteiger charge is -2.32. The minimum Gasteiger partial charge on any atom is -0.480 e. The van der Waals surface area contributed by atoms with Crippen LogP contribution in [0.3, 0.4) is 0 Å². The van der Waals surface area contributed by atoms with Gasteiger partial charge in [0.25, 0.3) is 0 Å². The highest BCUT2D eigenvalue weighted by Crippen LogP contribution is 2.25. The van der Waals surface area contributed by atoms with Crippen molar-refractivity contribution in [2.45, 2.75) is 263 Å². The van der Waals surface area contributed by atoms with Crippen LogP contribution in [0.15, 0.2) is 43.0 Å². The van der Waals surface area contributed by atoms with Crippen molar-refractivity contribution in [2.24, 2.45) is 41.1 Å². The van der Waals surface area contributed by atoms with Crippen LogP contribution in [-0.2, 0) is 104 Å². The van der Waals surface area contributed by atoms with Crippen molar-refractivity contribution in [3.63, 3.8) is 0 Å². The van der Waals surface area contributed by atoms with Crippen LogP contribution in [0, 0.1) is 29.6 Å². The summed E-state index contributed by atoms with van der Waals surface area (Å²) in [5, 5.41) is 78.8. The number of aromatic amines is 2. The molecule has 1 aromatic carbocycles. The fraction of sp³-hybridized carbons (Fsp3) is 0.651.